The normalized spacial score (nSPS) is 21.3. The van der Waals surface area contributed by atoms with Gasteiger partial charge in [0, 0.05) is 23.2 Å². The van der Waals surface area contributed by atoms with E-state index in [0.717, 1.165) is 11.8 Å². The van der Waals surface area contributed by atoms with Crippen molar-refractivity contribution in [1.29, 1.82) is 0 Å². The zero-order valence-corrected chi connectivity index (χ0v) is 12.1. The van der Waals surface area contributed by atoms with E-state index in [2.05, 4.69) is 5.32 Å². The van der Waals surface area contributed by atoms with E-state index in [0.29, 0.717) is 19.8 Å². The van der Waals surface area contributed by atoms with Crippen LogP contribution in [-0.2, 0) is 11.3 Å². The molecule has 0 aromatic carbocycles. The Hall–Kier alpha value is -0.0700. The first-order valence-electron chi connectivity index (χ1n) is 6.45. The van der Waals surface area contributed by atoms with Crippen LogP contribution in [0.4, 0.5) is 0 Å². The van der Waals surface area contributed by atoms with Crippen LogP contribution < -0.4 is 5.32 Å². The van der Waals surface area contributed by atoms with Crippen molar-refractivity contribution < 1.29 is 9.84 Å². The Morgan fingerprint density at radius 2 is 2.50 bits per heavy atom. The highest BCUT2D eigenvalue weighted by atomic mass is 32.2. The van der Waals surface area contributed by atoms with Crippen molar-refractivity contribution in [3.63, 3.8) is 0 Å². The van der Waals surface area contributed by atoms with Crippen molar-refractivity contribution in [2.24, 2.45) is 0 Å². The van der Waals surface area contributed by atoms with E-state index in [-0.39, 0.29) is 0 Å². The second kappa shape index (κ2) is 8.17. The molecule has 0 bridgehead atoms. The van der Waals surface area contributed by atoms with Gasteiger partial charge < -0.3 is 15.2 Å². The Labute approximate surface area is 117 Å². The highest BCUT2D eigenvalue weighted by molar-refractivity contribution is 8.00. The fraction of sp³-hybridized carbons (Fsp3) is 0.692. The quantitative estimate of drug-likeness (QED) is 0.768. The zero-order valence-electron chi connectivity index (χ0n) is 10.5. The van der Waals surface area contributed by atoms with Crippen LogP contribution >= 0.6 is 23.1 Å². The maximum absolute atomic E-state index is 9.76. The van der Waals surface area contributed by atoms with Gasteiger partial charge in [-0.1, -0.05) is 6.07 Å². The summed E-state index contributed by atoms with van der Waals surface area (Å²) in [6.45, 7) is 2.64. The van der Waals surface area contributed by atoms with Gasteiger partial charge in [0.1, 0.15) is 0 Å². The summed E-state index contributed by atoms with van der Waals surface area (Å²) in [5.74, 6) is 1.29. The summed E-state index contributed by atoms with van der Waals surface area (Å²) in [5.41, 5.74) is 0. The van der Waals surface area contributed by atoms with E-state index in [1.807, 2.05) is 29.3 Å². The molecule has 2 unspecified atom stereocenters. The van der Waals surface area contributed by atoms with E-state index >= 15 is 0 Å². The lowest BCUT2D eigenvalue weighted by atomic mass is 10.2. The highest BCUT2D eigenvalue weighted by Crippen LogP contribution is 2.25. The van der Waals surface area contributed by atoms with E-state index < -0.39 is 6.10 Å². The lowest BCUT2D eigenvalue weighted by molar-refractivity contribution is 0.0300. The van der Waals surface area contributed by atoms with E-state index in [9.17, 15) is 5.11 Å². The highest BCUT2D eigenvalue weighted by Gasteiger charge is 2.15. The second-order valence-corrected chi connectivity index (χ2v) is 6.98. The number of rotatable bonds is 8. The third-order valence-electron chi connectivity index (χ3n) is 2.91. The number of thioether (sulfide) groups is 1. The molecular weight excluding hydrogens is 266 g/mol. The smallest absolute Gasteiger partial charge is 0.0897 e. The number of aliphatic hydroxyl groups is 1. The van der Waals surface area contributed by atoms with Gasteiger partial charge in [-0.15, -0.1) is 11.3 Å². The SMILES string of the molecule is OC(CNCC1CCCS1)COCc1cccs1. The third-order valence-corrected chi connectivity index (χ3v) is 5.16. The van der Waals surface area contributed by atoms with Crippen LogP contribution in [0.2, 0.25) is 0 Å². The Morgan fingerprint density at radius 3 is 3.22 bits per heavy atom. The minimum atomic E-state index is -0.406. The van der Waals surface area contributed by atoms with Crippen LogP contribution in [0.3, 0.4) is 0 Å². The average Bonchev–Trinajstić information content (AvgIpc) is 3.01. The van der Waals surface area contributed by atoms with E-state index in [1.54, 1.807) is 11.3 Å². The molecule has 1 aliphatic rings. The fourth-order valence-electron chi connectivity index (χ4n) is 1.97. The van der Waals surface area contributed by atoms with Crippen molar-refractivity contribution >= 4 is 23.1 Å². The van der Waals surface area contributed by atoms with Gasteiger partial charge in [-0.2, -0.15) is 11.8 Å². The van der Waals surface area contributed by atoms with Gasteiger partial charge in [-0.05, 0) is 30.0 Å². The summed E-state index contributed by atoms with van der Waals surface area (Å²) in [7, 11) is 0. The van der Waals surface area contributed by atoms with Crippen LogP contribution in [-0.4, -0.2) is 41.9 Å². The van der Waals surface area contributed by atoms with E-state index in [1.165, 1.54) is 23.5 Å². The van der Waals surface area contributed by atoms with Crippen molar-refractivity contribution in [3.05, 3.63) is 22.4 Å². The molecule has 0 radical (unpaired) electrons. The van der Waals surface area contributed by atoms with E-state index in [4.69, 9.17) is 4.74 Å². The molecule has 0 amide bonds. The predicted molar refractivity (Wildman–Crippen MR) is 78.3 cm³/mol. The third kappa shape index (κ3) is 5.28. The maximum Gasteiger partial charge on any atom is 0.0897 e. The lowest BCUT2D eigenvalue weighted by Crippen LogP contribution is -2.33. The van der Waals surface area contributed by atoms with Crippen molar-refractivity contribution in [2.45, 2.75) is 30.8 Å². The molecule has 0 aliphatic carbocycles. The Kier molecular flexibility index (Phi) is 6.51. The van der Waals surface area contributed by atoms with Gasteiger partial charge >= 0.3 is 0 Å². The first kappa shape index (κ1) is 14.3. The standard InChI is InChI=1S/C13H21NO2S2/c15-11(7-14-8-12-3-1-5-17-12)9-16-10-13-4-2-6-18-13/h2,4,6,11-12,14-15H,1,3,5,7-10H2. The number of nitrogens with one attached hydrogen (secondary N) is 1. The van der Waals surface area contributed by atoms with Gasteiger partial charge in [0.15, 0.2) is 0 Å². The van der Waals surface area contributed by atoms with Crippen LogP contribution in [0.25, 0.3) is 0 Å². The molecule has 0 spiro atoms. The fourth-order valence-corrected chi connectivity index (χ4v) is 3.84. The molecule has 1 aromatic heterocycles. The van der Waals surface area contributed by atoms with Crippen LogP contribution in [0.1, 0.15) is 17.7 Å². The molecule has 0 saturated carbocycles. The second-order valence-electron chi connectivity index (χ2n) is 4.54. The maximum atomic E-state index is 9.76. The molecule has 1 aliphatic heterocycles. The molecule has 1 saturated heterocycles. The van der Waals surface area contributed by atoms with Crippen molar-refractivity contribution in [3.8, 4) is 0 Å². The Morgan fingerprint density at radius 1 is 1.56 bits per heavy atom. The van der Waals surface area contributed by atoms with Gasteiger partial charge in [-0.25, -0.2) is 0 Å². The van der Waals surface area contributed by atoms with Crippen LogP contribution in [0.5, 0.6) is 0 Å². The Bertz CT molecular complexity index is 313. The van der Waals surface area contributed by atoms with Gasteiger partial charge in [-0.3, -0.25) is 0 Å². The number of aliphatic hydroxyl groups excluding tert-OH is 1. The van der Waals surface area contributed by atoms with Crippen molar-refractivity contribution in [1.82, 2.24) is 5.32 Å². The molecule has 2 rings (SSSR count). The first-order chi connectivity index (χ1) is 8.84. The van der Waals surface area contributed by atoms with Gasteiger partial charge in [0.2, 0.25) is 0 Å². The molecule has 2 atom stereocenters. The number of thiophene rings is 1. The van der Waals surface area contributed by atoms with Gasteiger partial charge in [0.05, 0.1) is 19.3 Å². The summed E-state index contributed by atoms with van der Waals surface area (Å²) >= 11 is 3.72. The molecule has 18 heavy (non-hydrogen) atoms. The average molecular weight is 287 g/mol. The zero-order chi connectivity index (χ0) is 12.6. The minimum Gasteiger partial charge on any atom is -0.389 e. The summed E-state index contributed by atoms with van der Waals surface area (Å²) < 4.78 is 5.48. The largest absolute Gasteiger partial charge is 0.389 e. The molecule has 2 heterocycles. The predicted octanol–water partition coefficient (Wildman–Crippen LogP) is 2.11. The molecule has 3 nitrogen and oxygen atoms in total. The number of hydrogen-bond donors (Lipinski definition) is 2. The van der Waals surface area contributed by atoms with Crippen LogP contribution in [0, 0.1) is 0 Å². The summed E-state index contributed by atoms with van der Waals surface area (Å²) in [6, 6.07) is 4.06. The topological polar surface area (TPSA) is 41.5 Å². The van der Waals surface area contributed by atoms with Gasteiger partial charge in [0.25, 0.3) is 0 Å². The summed E-state index contributed by atoms with van der Waals surface area (Å²) in [6.07, 6.45) is 2.24. The molecule has 1 fully saturated rings. The Balaban J connectivity index is 1.48. The summed E-state index contributed by atoms with van der Waals surface area (Å²) in [5, 5.41) is 15.9. The lowest BCUT2D eigenvalue weighted by Gasteiger charge is -2.14. The van der Waals surface area contributed by atoms with Crippen LogP contribution in [0.15, 0.2) is 17.5 Å². The molecule has 102 valence electrons. The van der Waals surface area contributed by atoms with Crippen molar-refractivity contribution in [2.75, 3.05) is 25.4 Å². The number of hydrogen-bond acceptors (Lipinski definition) is 5. The molecular formula is C13H21NO2S2. The minimum absolute atomic E-state index is 0.405. The number of ether oxygens (including phenoxy) is 1. The molecule has 5 heteroatoms. The summed E-state index contributed by atoms with van der Waals surface area (Å²) in [4.78, 5) is 1.21. The first-order valence-corrected chi connectivity index (χ1v) is 8.38. The molecule has 2 N–H and O–H groups in total. The molecule has 1 aromatic rings. The monoisotopic (exact) mass is 287 g/mol.